The summed E-state index contributed by atoms with van der Waals surface area (Å²) in [5.41, 5.74) is 4.38. The van der Waals surface area contributed by atoms with Crippen molar-refractivity contribution in [2.75, 3.05) is 26.3 Å². The molecule has 1 aromatic carbocycles. The van der Waals surface area contributed by atoms with Crippen LogP contribution in [0.4, 0.5) is 0 Å². The van der Waals surface area contributed by atoms with Crippen LogP contribution in [0.2, 0.25) is 0 Å². The minimum absolute atomic E-state index is 0.286. The smallest absolute Gasteiger partial charge is 0.0853 e. The first-order valence-corrected chi connectivity index (χ1v) is 6.88. The molecule has 1 saturated heterocycles. The summed E-state index contributed by atoms with van der Waals surface area (Å²) in [6, 6.07) is 13.1. The number of hydrogen-bond donors (Lipinski definition) is 1. The fourth-order valence-electron chi connectivity index (χ4n) is 2.97. The fourth-order valence-corrected chi connectivity index (χ4v) is 2.97. The second kappa shape index (κ2) is 5.30. The van der Waals surface area contributed by atoms with Crippen LogP contribution in [-0.4, -0.2) is 37.4 Å². The Morgan fingerprint density at radius 1 is 1.21 bits per heavy atom. The molecule has 0 spiro atoms. The van der Waals surface area contributed by atoms with Gasteiger partial charge < -0.3 is 4.74 Å². The van der Waals surface area contributed by atoms with Crippen molar-refractivity contribution in [1.82, 2.24) is 10.4 Å². The molecule has 4 nitrogen and oxygen atoms in total. The third-order valence-corrected chi connectivity index (χ3v) is 4.11. The highest BCUT2D eigenvalue weighted by Gasteiger charge is 2.46. The lowest BCUT2D eigenvalue weighted by Gasteiger charge is -2.45. The Balaban J connectivity index is 1.59. The van der Waals surface area contributed by atoms with Gasteiger partial charge in [-0.2, -0.15) is 5.26 Å². The maximum atomic E-state index is 9.50. The van der Waals surface area contributed by atoms with E-state index in [0.29, 0.717) is 6.04 Å². The second-order valence-corrected chi connectivity index (χ2v) is 5.39. The van der Waals surface area contributed by atoms with Crippen molar-refractivity contribution in [2.24, 2.45) is 0 Å². The van der Waals surface area contributed by atoms with Gasteiger partial charge >= 0.3 is 0 Å². The molecule has 19 heavy (non-hydrogen) atoms. The van der Waals surface area contributed by atoms with Crippen LogP contribution < -0.4 is 5.43 Å². The molecule has 100 valence electrons. The van der Waals surface area contributed by atoms with Crippen molar-refractivity contribution in [3.05, 3.63) is 35.9 Å². The Labute approximate surface area is 113 Å². The van der Waals surface area contributed by atoms with Crippen molar-refractivity contribution in [3.8, 4) is 6.07 Å². The van der Waals surface area contributed by atoms with Crippen molar-refractivity contribution in [2.45, 2.75) is 24.3 Å². The van der Waals surface area contributed by atoms with Crippen molar-refractivity contribution in [1.29, 1.82) is 5.26 Å². The Morgan fingerprint density at radius 2 is 1.89 bits per heavy atom. The molecule has 0 amide bonds. The summed E-state index contributed by atoms with van der Waals surface area (Å²) in [5, 5.41) is 11.7. The molecule has 1 aliphatic carbocycles. The maximum absolute atomic E-state index is 9.50. The molecule has 2 aliphatic rings. The fraction of sp³-hybridized carbons (Fsp3) is 0.533. The van der Waals surface area contributed by atoms with E-state index in [9.17, 15) is 5.26 Å². The Bertz CT molecular complexity index is 456. The van der Waals surface area contributed by atoms with E-state index >= 15 is 0 Å². The summed E-state index contributed by atoms with van der Waals surface area (Å²) in [7, 11) is 0. The average Bonchev–Trinajstić information content (AvgIpc) is 2.44. The number of hydrogen-bond acceptors (Lipinski definition) is 4. The van der Waals surface area contributed by atoms with Gasteiger partial charge in [-0.15, -0.1) is 0 Å². The summed E-state index contributed by atoms with van der Waals surface area (Å²) in [5.74, 6) is 0. The molecule has 1 N–H and O–H groups in total. The first-order chi connectivity index (χ1) is 9.32. The van der Waals surface area contributed by atoms with Gasteiger partial charge in [0.05, 0.1) is 24.7 Å². The first-order valence-electron chi connectivity index (χ1n) is 6.88. The lowest BCUT2D eigenvalue weighted by atomic mass is 9.63. The van der Waals surface area contributed by atoms with E-state index in [1.807, 2.05) is 18.2 Å². The molecule has 0 unspecified atom stereocenters. The third kappa shape index (κ3) is 2.50. The highest BCUT2D eigenvalue weighted by Crippen LogP contribution is 2.43. The number of ether oxygens (including phenoxy) is 1. The number of nitriles is 1. The molecular formula is C15H19N3O. The van der Waals surface area contributed by atoms with Crippen LogP contribution in [0.1, 0.15) is 18.4 Å². The van der Waals surface area contributed by atoms with Crippen LogP contribution in [-0.2, 0) is 10.2 Å². The highest BCUT2D eigenvalue weighted by atomic mass is 16.5. The molecular weight excluding hydrogens is 238 g/mol. The van der Waals surface area contributed by atoms with Gasteiger partial charge in [0.15, 0.2) is 0 Å². The topological polar surface area (TPSA) is 48.3 Å². The third-order valence-electron chi connectivity index (χ3n) is 4.11. The Hall–Kier alpha value is -1.41. The molecule has 0 aromatic heterocycles. The van der Waals surface area contributed by atoms with E-state index < -0.39 is 0 Å². The van der Waals surface area contributed by atoms with Gasteiger partial charge in [-0.3, -0.25) is 5.43 Å². The summed E-state index contributed by atoms with van der Waals surface area (Å²) in [4.78, 5) is 0. The van der Waals surface area contributed by atoms with Crippen LogP contribution in [0.15, 0.2) is 30.3 Å². The normalized spacial score (nSPS) is 31.4. The van der Waals surface area contributed by atoms with E-state index in [-0.39, 0.29) is 5.41 Å². The summed E-state index contributed by atoms with van der Waals surface area (Å²) < 4.78 is 5.33. The minimum Gasteiger partial charge on any atom is -0.379 e. The van der Waals surface area contributed by atoms with Gasteiger partial charge in [-0.1, -0.05) is 30.3 Å². The number of nitrogens with zero attached hydrogens (tertiary/aromatic N) is 2. The standard InChI is InChI=1S/C15H19N3O/c16-12-15(13-4-2-1-3-5-13)10-14(11-15)17-18-6-8-19-9-7-18/h1-5,14,17H,6-11H2. The molecule has 0 bridgehead atoms. The molecule has 2 fully saturated rings. The van der Waals surface area contributed by atoms with Crippen LogP contribution in [0, 0.1) is 11.3 Å². The van der Waals surface area contributed by atoms with E-state index in [4.69, 9.17) is 4.74 Å². The lowest BCUT2D eigenvalue weighted by Crippen LogP contribution is -2.58. The van der Waals surface area contributed by atoms with Crippen LogP contribution >= 0.6 is 0 Å². The molecule has 1 aliphatic heterocycles. The molecule has 3 rings (SSSR count). The molecule has 1 saturated carbocycles. The van der Waals surface area contributed by atoms with E-state index in [2.05, 4.69) is 28.6 Å². The van der Waals surface area contributed by atoms with E-state index in [1.54, 1.807) is 0 Å². The number of morpholine rings is 1. The minimum atomic E-state index is -0.286. The quantitative estimate of drug-likeness (QED) is 0.890. The van der Waals surface area contributed by atoms with Gasteiger partial charge in [-0.05, 0) is 18.4 Å². The van der Waals surface area contributed by atoms with Crippen LogP contribution in [0.3, 0.4) is 0 Å². The molecule has 0 radical (unpaired) electrons. The highest BCUT2D eigenvalue weighted by molar-refractivity contribution is 5.36. The Morgan fingerprint density at radius 3 is 2.53 bits per heavy atom. The summed E-state index contributed by atoms with van der Waals surface area (Å²) in [6.45, 7) is 3.45. The molecule has 0 atom stereocenters. The lowest BCUT2D eigenvalue weighted by molar-refractivity contribution is -0.0105. The summed E-state index contributed by atoms with van der Waals surface area (Å²) in [6.07, 6.45) is 1.79. The Kier molecular flexibility index (Phi) is 3.52. The second-order valence-electron chi connectivity index (χ2n) is 5.39. The number of rotatable bonds is 3. The van der Waals surface area contributed by atoms with E-state index in [1.165, 1.54) is 0 Å². The van der Waals surface area contributed by atoms with Crippen molar-refractivity contribution in [3.63, 3.8) is 0 Å². The SMILES string of the molecule is N#CC1(c2ccccc2)CC(NN2CCOCC2)C1. The first kappa shape index (κ1) is 12.6. The number of benzene rings is 1. The van der Waals surface area contributed by atoms with Crippen molar-refractivity contribution >= 4 is 0 Å². The number of hydrazine groups is 1. The maximum Gasteiger partial charge on any atom is 0.0853 e. The monoisotopic (exact) mass is 257 g/mol. The van der Waals surface area contributed by atoms with Gasteiger partial charge in [0.2, 0.25) is 0 Å². The van der Waals surface area contributed by atoms with Gasteiger partial charge in [0, 0.05) is 19.1 Å². The molecule has 4 heteroatoms. The summed E-state index contributed by atoms with van der Waals surface area (Å²) >= 11 is 0. The zero-order valence-electron chi connectivity index (χ0n) is 11.0. The van der Waals surface area contributed by atoms with Gasteiger partial charge in [0.25, 0.3) is 0 Å². The zero-order valence-corrected chi connectivity index (χ0v) is 11.0. The molecule has 1 aromatic rings. The van der Waals surface area contributed by atoms with Crippen molar-refractivity contribution < 1.29 is 4.74 Å². The average molecular weight is 257 g/mol. The van der Waals surface area contributed by atoms with Crippen LogP contribution in [0.25, 0.3) is 0 Å². The predicted octanol–water partition coefficient (Wildman–Crippen LogP) is 1.45. The van der Waals surface area contributed by atoms with E-state index in [0.717, 1.165) is 44.7 Å². The van der Waals surface area contributed by atoms with Gasteiger partial charge in [-0.25, -0.2) is 5.01 Å². The molecule has 1 heterocycles. The zero-order chi connectivity index (χ0) is 13.1. The largest absolute Gasteiger partial charge is 0.379 e. The van der Waals surface area contributed by atoms with Gasteiger partial charge in [0.1, 0.15) is 0 Å². The predicted molar refractivity (Wildman–Crippen MR) is 72.3 cm³/mol. The van der Waals surface area contributed by atoms with Crippen LogP contribution in [0.5, 0.6) is 0 Å². The number of nitrogens with one attached hydrogen (secondary N) is 1.